The summed E-state index contributed by atoms with van der Waals surface area (Å²) in [7, 11) is 0. The normalized spacial score (nSPS) is 13.1. The van der Waals surface area contributed by atoms with Gasteiger partial charge in [-0.05, 0) is 24.6 Å². The lowest BCUT2D eigenvalue weighted by Crippen LogP contribution is -1.92. The van der Waals surface area contributed by atoms with Crippen molar-refractivity contribution in [2.45, 2.75) is 19.4 Å². The highest BCUT2D eigenvalue weighted by Crippen LogP contribution is 2.15. The molecule has 0 saturated heterocycles. The summed E-state index contributed by atoms with van der Waals surface area (Å²) in [5.41, 5.74) is 2.45. The van der Waals surface area contributed by atoms with Gasteiger partial charge in [-0.25, -0.2) is 0 Å². The highest BCUT2D eigenvalue weighted by atomic mass is 14.8. The molecule has 2 rings (SSSR count). The maximum atomic E-state index is 4.52. The van der Waals surface area contributed by atoms with Crippen molar-refractivity contribution in [2.75, 3.05) is 0 Å². The first-order chi connectivity index (χ1) is 7.86. The molecular weight excluding hydrogens is 196 g/mol. The van der Waals surface area contributed by atoms with Crippen LogP contribution in [0.2, 0.25) is 0 Å². The molecule has 1 N–H and O–H groups in total. The number of nitrogens with one attached hydrogen (secondary N) is 1. The first-order valence-electron chi connectivity index (χ1n) is 5.55. The van der Waals surface area contributed by atoms with Gasteiger partial charge in [-0.15, -0.1) is 0 Å². The summed E-state index contributed by atoms with van der Waals surface area (Å²) < 4.78 is 0. The topological polar surface area (TPSA) is 28.1 Å². The molecule has 1 atom stereocenters. The van der Waals surface area contributed by atoms with Gasteiger partial charge in [0.25, 0.3) is 0 Å². The van der Waals surface area contributed by atoms with Crippen molar-refractivity contribution in [3.63, 3.8) is 0 Å². The average Bonchev–Trinajstić information content (AvgIpc) is 2.83. The van der Waals surface area contributed by atoms with Gasteiger partial charge in [-0.2, -0.15) is 0 Å². The number of aromatic amines is 1. The summed E-state index contributed by atoms with van der Waals surface area (Å²) in [5.74, 6) is 0. The maximum absolute atomic E-state index is 4.52. The van der Waals surface area contributed by atoms with E-state index in [1.807, 2.05) is 36.7 Å². The van der Waals surface area contributed by atoms with Crippen LogP contribution in [0.4, 0.5) is 0 Å². The molecule has 1 heterocycles. The van der Waals surface area contributed by atoms with Crippen LogP contribution in [0.5, 0.6) is 0 Å². The summed E-state index contributed by atoms with van der Waals surface area (Å²) in [5, 5.41) is 0. The lowest BCUT2D eigenvalue weighted by molar-refractivity contribution is 0.821. The molecule has 0 unspecified atom stereocenters. The summed E-state index contributed by atoms with van der Waals surface area (Å²) in [6.07, 6.45) is 4.78. The molecule has 1 aromatic carbocycles. The fourth-order valence-electron chi connectivity index (χ4n) is 1.62. The average molecular weight is 212 g/mol. The third-order valence-electron chi connectivity index (χ3n) is 2.58. The highest BCUT2D eigenvalue weighted by molar-refractivity contribution is 5.61. The van der Waals surface area contributed by atoms with Crippen molar-refractivity contribution < 1.29 is 0 Å². The van der Waals surface area contributed by atoms with Crippen LogP contribution in [0.25, 0.3) is 0 Å². The minimum atomic E-state index is 0.233. The summed E-state index contributed by atoms with van der Waals surface area (Å²) >= 11 is 0. The van der Waals surface area contributed by atoms with Crippen molar-refractivity contribution in [2.24, 2.45) is 4.99 Å². The zero-order chi connectivity index (χ0) is 11.2. The third kappa shape index (κ3) is 2.83. The van der Waals surface area contributed by atoms with E-state index in [-0.39, 0.29) is 6.04 Å². The monoisotopic (exact) mass is 212 g/mol. The van der Waals surface area contributed by atoms with Gasteiger partial charge in [-0.3, -0.25) is 4.99 Å². The smallest absolute Gasteiger partial charge is 0.0717 e. The van der Waals surface area contributed by atoms with Crippen molar-refractivity contribution in [1.29, 1.82) is 0 Å². The summed E-state index contributed by atoms with van der Waals surface area (Å²) in [6, 6.07) is 14.6. The number of rotatable bonds is 4. The number of hydrogen-bond donors (Lipinski definition) is 1. The molecule has 0 aliphatic rings. The lowest BCUT2D eigenvalue weighted by Gasteiger charge is -2.05. The van der Waals surface area contributed by atoms with Crippen LogP contribution in [0.15, 0.2) is 53.7 Å². The molecule has 2 heteroatoms. The van der Waals surface area contributed by atoms with Gasteiger partial charge in [0, 0.05) is 24.5 Å². The number of hydrogen-bond acceptors (Lipinski definition) is 1. The van der Waals surface area contributed by atoms with Gasteiger partial charge >= 0.3 is 0 Å². The third-order valence-corrected chi connectivity index (χ3v) is 2.58. The predicted octanol–water partition coefficient (Wildman–Crippen LogP) is 3.39. The van der Waals surface area contributed by atoms with Gasteiger partial charge in [0.05, 0.1) is 6.04 Å². The Balaban J connectivity index is 1.92. The molecule has 0 aliphatic heterocycles. The van der Waals surface area contributed by atoms with Crippen LogP contribution in [-0.2, 0) is 6.42 Å². The molecule has 0 amide bonds. The van der Waals surface area contributed by atoms with Crippen LogP contribution >= 0.6 is 0 Å². The Hall–Kier alpha value is -1.83. The molecule has 16 heavy (non-hydrogen) atoms. The Morgan fingerprint density at radius 1 is 1.19 bits per heavy atom. The SMILES string of the molecule is C[C@@H](N=CCc1ccc[nH]1)c1ccccc1. The van der Waals surface area contributed by atoms with E-state index in [1.54, 1.807) is 0 Å². The van der Waals surface area contributed by atoms with E-state index in [0.29, 0.717) is 0 Å². The van der Waals surface area contributed by atoms with E-state index in [4.69, 9.17) is 0 Å². The predicted molar refractivity (Wildman–Crippen MR) is 67.8 cm³/mol. The first-order valence-corrected chi connectivity index (χ1v) is 5.55. The Kier molecular flexibility index (Phi) is 3.54. The Morgan fingerprint density at radius 3 is 2.69 bits per heavy atom. The summed E-state index contributed by atoms with van der Waals surface area (Å²) in [4.78, 5) is 7.68. The molecule has 0 radical (unpaired) electrons. The minimum absolute atomic E-state index is 0.233. The fourth-order valence-corrected chi connectivity index (χ4v) is 1.62. The van der Waals surface area contributed by atoms with Crippen LogP contribution in [0.1, 0.15) is 24.2 Å². The van der Waals surface area contributed by atoms with Gasteiger partial charge in [0.15, 0.2) is 0 Å². The van der Waals surface area contributed by atoms with Crippen molar-refractivity contribution in [3.8, 4) is 0 Å². The van der Waals surface area contributed by atoms with E-state index >= 15 is 0 Å². The number of nitrogens with zero attached hydrogens (tertiary/aromatic N) is 1. The van der Waals surface area contributed by atoms with Crippen LogP contribution in [-0.4, -0.2) is 11.2 Å². The van der Waals surface area contributed by atoms with Crippen LogP contribution in [0, 0.1) is 0 Å². The maximum Gasteiger partial charge on any atom is 0.0717 e. The molecule has 2 aromatic rings. The second kappa shape index (κ2) is 5.31. The standard InChI is InChI=1S/C14H16N2/c1-12(13-6-3-2-4-7-13)15-11-9-14-8-5-10-16-14/h2-8,10-12,16H,9H2,1H3/t12-/m1/s1. The molecule has 82 valence electrons. The molecule has 2 nitrogen and oxygen atoms in total. The van der Waals surface area contributed by atoms with Gasteiger partial charge in [0.2, 0.25) is 0 Å². The first kappa shape index (κ1) is 10.7. The van der Waals surface area contributed by atoms with E-state index in [9.17, 15) is 0 Å². The van der Waals surface area contributed by atoms with E-state index < -0.39 is 0 Å². The molecule has 0 spiro atoms. The van der Waals surface area contributed by atoms with Crippen molar-refractivity contribution in [1.82, 2.24) is 4.98 Å². The molecule has 0 saturated carbocycles. The van der Waals surface area contributed by atoms with E-state index in [0.717, 1.165) is 6.42 Å². The minimum Gasteiger partial charge on any atom is -0.365 e. The van der Waals surface area contributed by atoms with Crippen LogP contribution in [0.3, 0.4) is 0 Å². The Morgan fingerprint density at radius 2 is 2.00 bits per heavy atom. The zero-order valence-electron chi connectivity index (χ0n) is 9.43. The molecular formula is C14H16N2. The van der Waals surface area contributed by atoms with Gasteiger partial charge < -0.3 is 4.98 Å². The molecule has 0 bridgehead atoms. The number of aromatic nitrogens is 1. The van der Waals surface area contributed by atoms with Crippen molar-refractivity contribution in [3.05, 3.63) is 59.9 Å². The number of H-pyrrole nitrogens is 1. The van der Waals surface area contributed by atoms with Crippen molar-refractivity contribution >= 4 is 6.21 Å². The second-order valence-electron chi connectivity index (χ2n) is 3.82. The lowest BCUT2D eigenvalue weighted by atomic mass is 10.1. The molecule has 0 fully saturated rings. The Labute approximate surface area is 96.1 Å². The zero-order valence-corrected chi connectivity index (χ0v) is 9.43. The largest absolute Gasteiger partial charge is 0.365 e. The highest BCUT2D eigenvalue weighted by Gasteiger charge is 1.99. The number of aliphatic imine (C=N–C) groups is 1. The Bertz CT molecular complexity index is 429. The van der Waals surface area contributed by atoms with Gasteiger partial charge in [-0.1, -0.05) is 30.3 Å². The van der Waals surface area contributed by atoms with Gasteiger partial charge in [0.1, 0.15) is 0 Å². The van der Waals surface area contributed by atoms with E-state index in [2.05, 4.69) is 35.1 Å². The summed E-state index contributed by atoms with van der Waals surface area (Å²) in [6.45, 7) is 2.11. The van der Waals surface area contributed by atoms with E-state index in [1.165, 1.54) is 11.3 Å². The fraction of sp³-hybridized carbons (Fsp3) is 0.214. The molecule has 1 aromatic heterocycles. The number of benzene rings is 1. The van der Waals surface area contributed by atoms with Crippen LogP contribution < -0.4 is 0 Å². The quantitative estimate of drug-likeness (QED) is 0.752. The molecule has 0 aliphatic carbocycles. The second-order valence-corrected chi connectivity index (χ2v) is 3.82.